The molecule has 2 aromatic carbocycles. The standard InChI is InChI=1S/C33H29ClFN7O3S2/c1-42(13-14-47(43,44)32-7-2-3-11-36-32)12-10-31-41-29(20-46-31)27-17-25-28(18-37-27)38-21-39-33(25)40-24-8-9-30(26(34)16-24)45-19-22-5-4-6-23(35)15-22/h2-9,11,15-18,20-21H,10,12-14,19H2,1H3,(H,38,39,40). The quantitative estimate of drug-likeness (QED) is 0.142. The van der Waals surface area contributed by atoms with E-state index in [0.717, 1.165) is 16.1 Å². The Labute approximate surface area is 280 Å². The molecule has 47 heavy (non-hydrogen) atoms. The van der Waals surface area contributed by atoms with Crippen LogP contribution in [0.4, 0.5) is 15.9 Å². The number of rotatable bonds is 13. The maximum absolute atomic E-state index is 13.5. The minimum Gasteiger partial charge on any atom is -0.487 e. The molecule has 240 valence electrons. The van der Waals surface area contributed by atoms with E-state index in [1.54, 1.807) is 42.6 Å². The average molecular weight is 690 g/mol. The molecule has 0 amide bonds. The number of likely N-dealkylation sites (N-methyl/N-ethyl adjacent to an activating group) is 1. The second-order valence-corrected chi connectivity index (χ2v) is 14.1. The summed E-state index contributed by atoms with van der Waals surface area (Å²) in [7, 11) is -1.55. The summed E-state index contributed by atoms with van der Waals surface area (Å²) in [5.74, 6) is 0.709. The van der Waals surface area contributed by atoms with Gasteiger partial charge in [-0.25, -0.2) is 32.7 Å². The number of benzene rings is 2. The molecule has 0 radical (unpaired) electrons. The van der Waals surface area contributed by atoms with E-state index in [1.807, 2.05) is 29.5 Å². The molecule has 0 saturated heterocycles. The van der Waals surface area contributed by atoms with Crippen molar-refractivity contribution in [1.82, 2.24) is 29.8 Å². The number of nitrogens with one attached hydrogen (secondary N) is 1. The normalized spacial score (nSPS) is 11.7. The summed E-state index contributed by atoms with van der Waals surface area (Å²) in [6, 6.07) is 18.3. The first-order valence-corrected chi connectivity index (χ1v) is 17.5. The van der Waals surface area contributed by atoms with Crippen LogP contribution in [-0.4, -0.2) is 64.1 Å². The fourth-order valence-electron chi connectivity index (χ4n) is 4.67. The predicted molar refractivity (Wildman–Crippen MR) is 181 cm³/mol. The first-order chi connectivity index (χ1) is 22.7. The zero-order chi connectivity index (χ0) is 32.8. The Morgan fingerprint density at radius 1 is 0.979 bits per heavy atom. The third kappa shape index (κ3) is 8.24. The van der Waals surface area contributed by atoms with Gasteiger partial charge in [0.05, 0.1) is 38.9 Å². The molecule has 0 aliphatic heterocycles. The summed E-state index contributed by atoms with van der Waals surface area (Å²) in [4.78, 5) is 24.1. The molecule has 6 rings (SSSR count). The lowest BCUT2D eigenvalue weighted by Gasteiger charge is -2.15. The Morgan fingerprint density at radius 2 is 1.87 bits per heavy atom. The van der Waals surface area contributed by atoms with Crippen molar-refractivity contribution in [2.75, 3.05) is 31.2 Å². The molecular weight excluding hydrogens is 661 g/mol. The zero-order valence-corrected chi connectivity index (χ0v) is 27.6. The van der Waals surface area contributed by atoms with Crippen molar-refractivity contribution < 1.29 is 17.5 Å². The van der Waals surface area contributed by atoms with Crippen molar-refractivity contribution in [3.8, 4) is 17.1 Å². The number of halogens is 2. The smallest absolute Gasteiger partial charge is 0.196 e. The van der Waals surface area contributed by atoms with Crippen molar-refractivity contribution in [3.05, 3.63) is 112 Å². The largest absolute Gasteiger partial charge is 0.487 e. The number of ether oxygens (including phenoxy) is 1. The van der Waals surface area contributed by atoms with Crippen LogP contribution >= 0.6 is 22.9 Å². The van der Waals surface area contributed by atoms with Gasteiger partial charge in [0.25, 0.3) is 0 Å². The van der Waals surface area contributed by atoms with Crippen LogP contribution in [0.5, 0.6) is 5.75 Å². The highest BCUT2D eigenvalue weighted by atomic mass is 35.5. The number of sulfone groups is 1. The highest BCUT2D eigenvalue weighted by molar-refractivity contribution is 7.91. The highest BCUT2D eigenvalue weighted by Gasteiger charge is 2.17. The van der Waals surface area contributed by atoms with Crippen LogP contribution in [0.1, 0.15) is 10.6 Å². The lowest BCUT2D eigenvalue weighted by atomic mass is 10.2. The third-order valence-corrected chi connectivity index (χ3v) is 10.0. The van der Waals surface area contributed by atoms with Gasteiger partial charge in [-0.2, -0.15) is 0 Å². The van der Waals surface area contributed by atoms with Gasteiger partial charge in [-0.3, -0.25) is 4.98 Å². The van der Waals surface area contributed by atoms with Gasteiger partial charge in [0.2, 0.25) is 0 Å². The maximum Gasteiger partial charge on any atom is 0.196 e. The van der Waals surface area contributed by atoms with Crippen LogP contribution in [0.3, 0.4) is 0 Å². The Balaban J connectivity index is 1.09. The molecule has 0 aliphatic rings. The molecule has 0 atom stereocenters. The minimum atomic E-state index is -3.44. The molecule has 0 spiro atoms. The van der Waals surface area contributed by atoms with Gasteiger partial charge in [-0.05, 0) is 61.1 Å². The number of nitrogens with zero attached hydrogens (tertiary/aromatic N) is 6. The fraction of sp³-hybridized carbons (Fsp3) is 0.182. The molecule has 0 aliphatic carbocycles. The maximum atomic E-state index is 13.5. The van der Waals surface area contributed by atoms with Gasteiger partial charge in [0.15, 0.2) is 14.9 Å². The summed E-state index contributed by atoms with van der Waals surface area (Å²) in [5, 5.41) is 7.41. The van der Waals surface area contributed by atoms with E-state index in [1.165, 1.54) is 42.1 Å². The fourth-order valence-corrected chi connectivity index (χ4v) is 6.96. The van der Waals surface area contributed by atoms with Crippen LogP contribution in [-0.2, 0) is 22.9 Å². The number of fused-ring (bicyclic) bond motifs is 1. The van der Waals surface area contributed by atoms with Crippen molar-refractivity contribution in [1.29, 1.82) is 0 Å². The topological polar surface area (TPSA) is 123 Å². The van der Waals surface area contributed by atoms with E-state index in [2.05, 4.69) is 25.3 Å². The van der Waals surface area contributed by atoms with E-state index in [9.17, 15) is 12.8 Å². The van der Waals surface area contributed by atoms with E-state index < -0.39 is 9.84 Å². The predicted octanol–water partition coefficient (Wildman–Crippen LogP) is 6.61. The molecule has 4 heterocycles. The SMILES string of the molecule is CN(CCc1nc(-c2cc3c(Nc4ccc(OCc5cccc(F)c5)c(Cl)c4)ncnc3cn2)cs1)CCS(=O)(=O)c1ccccn1. The van der Waals surface area contributed by atoms with Crippen molar-refractivity contribution in [2.24, 2.45) is 0 Å². The van der Waals surface area contributed by atoms with Gasteiger partial charge in [0.1, 0.15) is 30.3 Å². The first-order valence-electron chi connectivity index (χ1n) is 14.6. The summed E-state index contributed by atoms with van der Waals surface area (Å²) < 4.78 is 44.4. The van der Waals surface area contributed by atoms with Crippen molar-refractivity contribution >= 4 is 55.2 Å². The Morgan fingerprint density at radius 3 is 2.68 bits per heavy atom. The zero-order valence-electron chi connectivity index (χ0n) is 25.2. The number of anilines is 2. The molecule has 14 heteroatoms. The summed E-state index contributed by atoms with van der Waals surface area (Å²) >= 11 is 8.03. The van der Waals surface area contributed by atoms with Gasteiger partial charge >= 0.3 is 0 Å². The summed E-state index contributed by atoms with van der Waals surface area (Å²) in [6.45, 7) is 1.21. The number of pyridine rings is 2. The Kier molecular flexibility index (Phi) is 9.97. The van der Waals surface area contributed by atoms with Crippen LogP contribution in [0.25, 0.3) is 22.3 Å². The molecule has 10 nitrogen and oxygen atoms in total. The molecule has 0 saturated carbocycles. The third-order valence-electron chi connectivity index (χ3n) is 7.22. The van der Waals surface area contributed by atoms with Gasteiger partial charge < -0.3 is 15.0 Å². The first kappa shape index (κ1) is 32.4. The number of aromatic nitrogens is 5. The van der Waals surface area contributed by atoms with Crippen LogP contribution in [0.2, 0.25) is 5.02 Å². The van der Waals surface area contributed by atoms with Crippen LogP contribution < -0.4 is 10.1 Å². The van der Waals surface area contributed by atoms with Gasteiger partial charge in [-0.1, -0.05) is 29.8 Å². The molecular formula is C33H29ClFN7O3S2. The lowest BCUT2D eigenvalue weighted by Crippen LogP contribution is -2.28. The Bertz CT molecular complexity index is 2120. The van der Waals surface area contributed by atoms with Gasteiger partial charge in [-0.15, -0.1) is 11.3 Å². The molecule has 6 aromatic rings. The van der Waals surface area contributed by atoms with Crippen molar-refractivity contribution in [2.45, 2.75) is 18.1 Å². The minimum absolute atomic E-state index is 0.0101. The summed E-state index contributed by atoms with van der Waals surface area (Å²) in [5.41, 5.74) is 3.45. The van der Waals surface area contributed by atoms with Gasteiger partial charge in [0, 0.05) is 42.2 Å². The molecule has 1 N–H and O–H groups in total. The Hall–Kier alpha value is -4.56. The van der Waals surface area contributed by atoms with E-state index in [0.29, 0.717) is 58.6 Å². The molecule has 0 unspecified atom stereocenters. The molecule has 0 fully saturated rings. The lowest BCUT2D eigenvalue weighted by molar-refractivity contribution is 0.306. The van der Waals surface area contributed by atoms with Crippen LogP contribution in [0, 0.1) is 5.82 Å². The molecule has 0 bridgehead atoms. The van der Waals surface area contributed by atoms with E-state index in [-0.39, 0.29) is 23.2 Å². The van der Waals surface area contributed by atoms with E-state index in [4.69, 9.17) is 21.3 Å². The second-order valence-electron chi connectivity index (χ2n) is 10.7. The molecule has 4 aromatic heterocycles. The highest BCUT2D eigenvalue weighted by Crippen LogP contribution is 2.32. The average Bonchev–Trinajstić information content (AvgIpc) is 3.56. The number of thiazole rings is 1. The van der Waals surface area contributed by atoms with Crippen LogP contribution in [0.15, 0.2) is 95.9 Å². The number of hydrogen-bond donors (Lipinski definition) is 1. The number of hydrogen-bond acceptors (Lipinski definition) is 11. The van der Waals surface area contributed by atoms with E-state index >= 15 is 0 Å². The van der Waals surface area contributed by atoms with Crippen molar-refractivity contribution in [3.63, 3.8) is 0 Å². The second kappa shape index (κ2) is 14.5. The monoisotopic (exact) mass is 689 g/mol. The summed E-state index contributed by atoms with van der Waals surface area (Å²) in [6.07, 6.45) is 5.29.